The zero-order chi connectivity index (χ0) is 18.1. The number of benzene rings is 1. The normalized spacial score (nSPS) is 14.5. The Labute approximate surface area is 151 Å². The summed E-state index contributed by atoms with van der Waals surface area (Å²) in [5.41, 5.74) is 1.93. The van der Waals surface area contributed by atoms with Crippen LogP contribution in [0.15, 0.2) is 48.3 Å². The highest BCUT2D eigenvalue weighted by Gasteiger charge is 2.43. The van der Waals surface area contributed by atoms with Gasteiger partial charge in [-0.1, -0.05) is 24.4 Å². The Morgan fingerprint density at radius 3 is 2.88 bits per heavy atom. The first-order valence-electron chi connectivity index (χ1n) is 7.63. The van der Waals surface area contributed by atoms with E-state index in [2.05, 4.69) is 31.0 Å². The van der Waals surface area contributed by atoms with E-state index in [-0.39, 0.29) is 11.5 Å². The first-order chi connectivity index (χ1) is 12.5. The molecule has 134 valence electrons. The first-order valence-corrected chi connectivity index (χ1v) is 8.62. The third kappa shape index (κ3) is 3.43. The van der Waals surface area contributed by atoms with Gasteiger partial charge in [0.1, 0.15) is 12.4 Å². The Balaban J connectivity index is 1.48. The van der Waals surface area contributed by atoms with E-state index in [1.54, 1.807) is 18.3 Å². The van der Waals surface area contributed by atoms with Gasteiger partial charge in [-0.2, -0.15) is 0 Å². The quantitative estimate of drug-likeness (QED) is 0.514. The van der Waals surface area contributed by atoms with Crippen molar-refractivity contribution in [2.45, 2.75) is 17.2 Å². The van der Waals surface area contributed by atoms with Crippen molar-refractivity contribution >= 4 is 22.8 Å². The summed E-state index contributed by atoms with van der Waals surface area (Å²) < 4.78 is 40.5. The van der Waals surface area contributed by atoms with Crippen LogP contribution in [0.25, 0.3) is 11.0 Å². The molecule has 3 aromatic rings. The maximum atomic E-state index is 13.1. The number of aromatic nitrogens is 3. The van der Waals surface area contributed by atoms with Gasteiger partial charge in [-0.05, 0) is 6.07 Å². The van der Waals surface area contributed by atoms with Crippen molar-refractivity contribution in [3.05, 3.63) is 48.8 Å². The van der Waals surface area contributed by atoms with Gasteiger partial charge in [0.2, 0.25) is 0 Å². The monoisotopic (exact) mass is 377 g/mol. The SMILES string of the molecule is C=CCOc1ccnc(CSc2nc3cc4c(cc3[nH]2)OC(F)(F)O4)c1. The Hall–Kier alpha value is -2.81. The van der Waals surface area contributed by atoms with Crippen LogP contribution in [-0.4, -0.2) is 27.9 Å². The van der Waals surface area contributed by atoms with Crippen LogP contribution >= 0.6 is 11.8 Å². The number of nitrogens with one attached hydrogen (secondary N) is 1. The molecule has 0 radical (unpaired) electrons. The predicted molar refractivity (Wildman–Crippen MR) is 91.8 cm³/mol. The lowest BCUT2D eigenvalue weighted by atomic mass is 10.3. The van der Waals surface area contributed by atoms with Gasteiger partial charge in [-0.25, -0.2) is 4.98 Å². The summed E-state index contributed by atoms with van der Waals surface area (Å²) in [6.45, 7) is 4.03. The van der Waals surface area contributed by atoms with Gasteiger partial charge < -0.3 is 19.2 Å². The summed E-state index contributed by atoms with van der Waals surface area (Å²) in [6, 6.07) is 6.49. The maximum absolute atomic E-state index is 13.1. The molecule has 0 bridgehead atoms. The Bertz CT molecular complexity index is 932. The second-order valence-corrected chi connectivity index (χ2v) is 6.36. The molecule has 0 amide bonds. The molecule has 0 saturated heterocycles. The number of imidazole rings is 1. The summed E-state index contributed by atoms with van der Waals surface area (Å²) in [4.78, 5) is 11.7. The van der Waals surface area contributed by atoms with Crippen molar-refractivity contribution in [1.29, 1.82) is 0 Å². The molecular formula is C17H13F2N3O3S. The highest BCUT2D eigenvalue weighted by atomic mass is 32.2. The fraction of sp³-hybridized carbons (Fsp3) is 0.176. The lowest BCUT2D eigenvalue weighted by Gasteiger charge is -2.04. The van der Waals surface area contributed by atoms with Gasteiger partial charge in [0, 0.05) is 30.1 Å². The molecule has 26 heavy (non-hydrogen) atoms. The smallest absolute Gasteiger partial charge is 0.489 e. The maximum Gasteiger partial charge on any atom is 0.586 e. The molecule has 3 heterocycles. The number of alkyl halides is 2. The van der Waals surface area contributed by atoms with Gasteiger partial charge in [-0.3, -0.25) is 4.98 Å². The number of thioether (sulfide) groups is 1. The number of aromatic amines is 1. The van der Waals surface area contributed by atoms with Crippen LogP contribution in [0.1, 0.15) is 5.69 Å². The minimum absolute atomic E-state index is 0.0172. The minimum Gasteiger partial charge on any atom is -0.489 e. The second-order valence-electron chi connectivity index (χ2n) is 5.40. The second kappa shape index (κ2) is 6.49. The molecule has 0 saturated carbocycles. The van der Waals surface area contributed by atoms with E-state index in [4.69, 9.17) is 4.74 Å². The molecule has 9 heteroatoms. The zero-order valence-electron chi connectivity index (χ0n) is 13.4. The Kier molecular flexibility index (Phi) is 4.15. The average Bonchev–Trinajstić information content (AvgIpc) is 3.13. The summed E-state index contributed by atoms with van der Waals surface area (Å²) >= 11 is 1.43. The number of halogens is 2. The fourth-order valence-corrected chi connectivity index (χ4v) is 3.21. The number of nitrogens with zero attached hydrogens (tertiary/aromatic N) is 2. The lowest BCUT2D eigenvalue weighted by molar-refractivity contribution is -0.286. The first kappa shape index (κ1) is 16.6. The summed E-state index contributed by atoms with van der Waals surface area (Å²) in [7, 11) is 0. The van der Waals surface area contributed by atoms with Crippen LogP contribution in [-0.2, 0) is 5.75 Å². The molecule has 0 fully saturated rings. The van der Waals surface area contributed by atoms with Crippen molar-refractivity contribution in [3.63, 3.8) is 0 Å². The molecule has 0 atom stereocenters. The largest absolute Gasteiger partial charge is 0.586 e. The molecule has 0 unspecified atom stereocenters. The van der Waals surface area contributed by atoms with Crippen molar-refractivity contribution in [2.75, 3.05) is 6.61 Å². The van der Waals surface area contributed by atoms with Crippen LogP contribution < -0.4 is 14.2 Å². The van der Waals surface area contributed by atoms with Crippen molar-refractivity contribution in [1.82, 2.24) is 15.0 Å². The topological polar surface area (TPSA) is 69.3 Å². The van der Waals surface area contributed by atoms with E-state index >= 15 is 0 Å². The minimum atomic E-state index is -3.64. The van der Waals surface area contributed by atoms with E-state index < -0.39 is 6.29 Å². The van der Waals surface area contributed by atoms with Gasteiger partial charge in [-0.15, -0.1) is 8.78 Å². The third-order valence-electron chi connectivity index (χ3n) is 3.50. The molecule has 6 nitrogen and oxygen atoms in total. The molecule has 1 N–H and O–H groups in total. The molecule has 4 rings (SSSR count). The highest BCUT2D eigenvalue weighted by Crippen LogP contribution is 2.43. The lowest BCUT2D eigenvalue weighted by Crippen LogP contribution is -2.25. The number of hydrogen-bond donors (Lipinski definition) is 1. The molecule has 2 aromatic heterocycles. The number of pyridine rings is 1. The molecule has 0 aliphatic carbocycles. The van der Waals surface area contributed by atoms with Gasteiger partial charge in [0.15, 0.2) is 16.7 Å². The number of rotatable bonds is 6. The van der Waals surface area contributed by atoms with Crippen LogP contribution in [0.4, 0.5) is 8.78 Å². The Morgan fingerprint density at radius 1 is 1.27 bits per heavy atom. The zero-order valence-corrected chi connectivity index (χ0v) is 14.2. The molecular weight excluding hydrogens is 364 g/mol. The van der Waals surface area contributed by atoms with Gasteiger partial charge in [0.25, 0.3) is 0 Å². The van der Waals surface area contributed by atoms with Crippen LogP contribution in [0, 0.1) is 0 Å². The van der Waals surface area contributed by atoms with Crippen LogP contribution in [0.5, 0.6) is 17.2 Å². The van der Waals surface area contributed by atoms with Crippen LogP contribution in [0.2, 0.25) is 0 Å². The third-order valence-corrected chi connectivity index (χ3v) is 4.40. The molecule has 1 aromatic carbocycles. The highest BCUT2D eigenvalue weighted by molar-refractivity contribution is 7.98. The number of H-pyrrole nitrogens is 1. The number of fused-ring (bicyclic) bond motifs is 2. The van der Waals surface area contributed by atoms with Crippen molar-refractivity contribution < 1.29 is 23.0 Å². The predicted octanol–water partition coefficient (Wildman–Crippen LogP) is 4.14. The van der Waals surface area contributed by atoms with Crippen molar-refractivity contribution in [2.24, 2.45) is 0 Å². The van der Waals surface area contributed by atoms with E-state index in [9.17, 15) is 8.78 Å². The number of hydrogen-bond acceptors (Lipinski definition) is 6. The molecule has 1 aliphatic heterocycles. The summed E-state index contributed by atoms with van der Waals surface area (Å²) in [6.07, 6.45) is -0.292. The molecule has 1 aliphatic rings. The fourth-order valence-electron chi connectivity index (χ4n) is 2.42. The summed E-state index contributed by atoms with van der Waals surface area (Å²) in [5.74, 6) is 1.23. The standard InChI is InChI=1S/C17H13F2N3O3S/c1-2-5-23-11-3-4-20-10(6-11)9-26-16-21-12-7-14-15(8-13(12)22-16)25-17(18,19)24-14/h2-4,6-8H,1,5,9H2,(H,21,22). The average molecular weight is 377 g/mol. The van der Waals surface area contributed by atoms with E-state index in [1.165, 1.54) is 23.9 Å². The van der Waals surface area contributed by atoms with E-state index in [0.717, 1.165) is 5.69 Å². The summed E-state index contributed by atoms with van der Waals surface area (Å²) in [5, 5.41) is 0.634. The van der Waals surface area contributed by atoms with Gasteiger partial charge in [0.05, 0.1) is 16.7 Å². The van der Waals surface area contributed by atoms with Gasteiger partial charge >= 0.3 is 6.29 Å². The van der Waals surface area contributed by atoms with E-state index in [1.807, 2.05) is 6.07 Å². The molecule has 0 spiro atoms. The van der Waals surface area contributed by atoms with Crippen molar-refractivity contribution in [3.8, 4) is 17.2 Å². The van der Waals surface area contributed by atoms with E-state index in [0.29, 0.717) is 34.3 Å². The van der Waals surface area contributed by atoms with Crippen LogP contribution in [0.3, 0.4) is 0 Å². The number of ether oxygens (including phenoxy) is 3. The Morgan fingerprint density at radius 2 is 2.08 bits per heavy atom.